The Hall–Kier alpha value is -2.37. The third-order valence-electron chi connectivity index (χ3n) is 4.90. The van der Waals surface area contributed by atoms with E-state index in [-0.39, 0.29) is 28.4 Å². The number of nitrogens with one attached hydrogen (secondary N) is 1. The molecular weight excluding hydrogens is 488 g/mol. The number of carbonyl (C=O) groups is 2. The van der Waals surface area contributed by atoms with Crippen LogP contribution in [0.3, 0.4) is 0 Å². The fraction of sp³-hybridized carbons (Fsp3) is 0.476. The summed E-state index contributed by atoms with van der Waals surface area (Å²) in [5, 5.41) is 2.18. The summed E-state index contributed by atoms with van der Waals surface area (Å²) in [4.78, 5) is 32.4. The molecule has 1 fully saturated rings. The van der Waals surface area contributed by atoms with Gasteiger partial charge in [-0.25, -0.2) is 18.2 Å². The number of thiazole rings is 1. The van der Waals surface area contributed by atoms with Crippen molar-refractivity contribution in [3.05, 3.63) is 39.9 Å². The van der Waals surface area contributed by atoms with E-state index in [0.29, 0.717) is 42.5 Å². The zero-order chi connectivity index (χ0) is 24.4. The van der Waals surface area contributed by atoms with Crippen LogP contribution in [-0.2, 0) is 26.0 Å². The molecule has 0 saturated carbocycles. The average Bonchev–Trinajstić information content (AvgIpc) is 3.14. The number of nitrogens with zero attached hydrogens (tertiary/aromatic N) is 3. The Balaban J connectivity index is 1.56. The van der Waals surface area contributed by atoms with Crippen LogP contribution in [0.5, 0.6) is 0 Å². The van der Waals surface area contributed by atoms with Gasteiger partial charge in [0.1, 0.15) is 5.60 Å². The molecule has 1 saturated heterocycles. The first-order valence-corrected chi connectivity index (χ1v) is 13.1. The average molecular weight is 515 g/mol. The minimum absolute atomic E-state index is 0.0425. The number of benzene rings is 1. The van der Waals surface area contributed by atoms with E-state index >= 15 is 0 Å². The third-order valence-corrected chi connectivity index (χ3v) is 7.73. The molecule has 1 aliphatic rings. The second-order valence-electron chi connectivity index (χ2n) is 8.64. The van der Waals surface area contributed by atoms with Gasteiger partial charge in [0.05, 0.1) is 17.0 Å². The third kappa shape index (κ3) is 6.58. The molecule has 1 aromatic heterocycles. The van der Waals surface area contributed by atoms with Crippen molar-refractivity contribution in [2.24, 2.45) is 0 Å². The summed E-state index contributed by atoms with van der Waals surface area (Å²) in [6.07, 6.45) is -0.345. The van der Waals surface area contributed by atoms with E-state index in [1.54, 1.807) is 34.2 Å². The van der Waals surface area contributed by atoms with Crippen LogP contribution in [0.25, 0.3) is 0 Å². The van der Waals surface area contributed by atoms with Gasteiger partial charge in [0.25, 0.3) is 10.0 Å². The van der Waals surface area contributed by atoms with Gasteiger partial charge in [0.15, 0.2) is 5.13 Å². The number of piperazine rings is 1. The zero-order valence-electron chi connectivity index (χ0n) is 18.9. The zero-order valence-corrected chi connectivity index (χ0v) is 21.3. The summed E-state index contributed by atoms with van der Waals surface area (Å²) in [6, 6.07) is 4.66. The summed E-state index contributed by atoms with van der Waals surface area (Å²) in [7, 11) is -3.86. The summed E-state index contributed by atoms with van der Waals surface area (Å²) in [5.74, 6) is -0.135. The highest BCUT2D eigenvalue weighted by Gasteiger charge is 2.28. The number of hydrogen-bond donors (Lipinski definition) is 1. The Morgan fingerprint density at radius 2 is 1.82 bits per heavy atom. The molecule has 0 radical (unpaired) electrons. The lowest BCUT2D eigenvalue weighted by atomic mass is 10.2. The van der Waals surface area contributed by atoms with Crippen LogP contribution in [0.2, 0.25) is 5.02 Å². The molecular formula is C21H27ClN4O5S2. The first-order valence-electron chi connectivity index (χ1n) is 10.3. The minimum Gasteiger partial charge on any atom is -0.444 e. The monoisotopic (exact) mass is 514 g/mol. The van der Waals surface area contributed by atoms with Gasteiger partial charge in [-0.2, -0.15) is 0 Å². The number of anilines is 1. The molecule has 3 rings (SSSR count). The van der Waals surface area contributed by atoms with Gasteiger partial charge in [-0.05, 0) is 45.4 Å². The van der Waals surface area contributed by atoms with E-state index in [2.05, 4.69) is 9.71 Å². The highest BCUT2D eigenvalue weighted by atomic mass is 35.5. The standard InChI is InChI=1S/C21H27ClN4O5S2/c1-14-16(22)6-5-7-17(14)33(29,30)24-19-23-15(13-32-19)12-18(27)25-8-10-26(11-9-25)20(28)31-21(2,3)4/h5-7,13H,8-12H2,1-4H3,(H,23,24). The Bertz CT molecular complexity index is 1140. The maximum Gasteiger partial charge on any atom is 0.410 e. The number of amides is 2. The second-order valence-corrected chi connectivity index (χ2v) is 11.6. The molecule has 0 unspecified atom stereocenters. The van der Waals surface area contributed by atoms with Gasteiger partial charge in [0, 0.05) is 36.6 Å². The lowest BCUT2D eigenvalue weighted by Crippen LogP contribution is -2.52. The number of aromatic nitrogens is 1. The highest BCUT2D eigenvalue weighted by molar-refractivity contribution is 7.93. The van der Waals surface area contributed by atoms with Crippen molar-refractivity contribution in [2.75, 3.05) is 30.9 Å². The van der Waals surface area contributed by atoms with Gasteiger partial charge in [-0.3, -0.25) is 9.52 Å². The molecule has 2 heterocycles. The maximum absolute atomic E-state index is 12.7. The van der Waals surface area contributed by atoms with Gasteiger partial charge in [-0.15, -0.1) is 11.3 Å². The van der Waals surface area contributed by atoms with Crippen LogP contribution in [0.1, 0.15) is 32.0 Å². The number of halogens is 1. The van der Waals surface area contributed by atoms with Crippen LogP contribution in [0.4, 0.5) is 9.93 Å². The lowest BCUT2D eigenvalue weighted by Gasteiger charge is -2.35. The van der Waals surface area contributed by atoms with Gasteiger partial charge in [0.2, 0.25) is 5.91 Å². The van der Waals surface area contributed by atoms with Crippen molar-refractivity contribution in [1.29, 1.82) is 0 Å². The minimum atomic E-state index is -3.86. The van der Waals surface area contributed by atoms with Gasteiger partial charge >= 0.3 is 6.09 Å². The molecule has 12 heteroatoms. The summed E-state index contributed by atoms with van der Waals surface area (Å²) in [6.45, 7) is 8.63. The predicted octanol–water partition coefficient (Wildman–Crippen LogP) is 3.53. The van der Waals surface area contributed by atoms with Crippen molar-refractivity contribution < 1.29 is 22.7 Å². The normalized spacial score (nSPS) is 14.8. The first kappa shape index (κ1) is 25.3. The van der Waals surface area contributed by atoms with Crippen LogP contribution in [0.15, 0.2) is 28.5 Å². The summed E-state index contributed by atoms with van der Waals surface area (Å²) >= 11 is 7.14. The number of rotatable bonds is 5. The highest BCUT2D eigenvalue weighted by Crippen LogP contribution is 2.26. The van der Waals surface area contributed by atoms with E-state index in [9.17, 15) is 18.0 Å². The quantitative estimate of drug-likeness (QED) is 0.653. The Morgan fingerprint density at radius 1 is 1.18 bits per heavy atom. The van der Waals surface area contributed by atoms with Crippen molar-refractivity contribution in [2.45, 2.75) is 44.6 Å². The molecule has 0 aliphatic carbocycles. The SMILES string of the molecule is Cc1c(Cl)cccc1S(=O)(=O)Nc1nc(CC(=O)N2CCN(C(=O)OC(C)(C)C)CC2)cs1. The summed E-state index contributed by atoms with van der Waals surface area (Å²) < 4.78 is 33.2. The predicted molar refractivity (Wildman–Crippen MR) is 127 cm³/mol. The van der Waals surface area contributed by atoms with E-state index in [0.717, 1.165) is 11.3 Å². The molecule has 180 valence electrons. The van der Waals surface area contributed by atoms with E-state index in [1.165, 1.54) is 6.07 Å². The van der Waals surface area contributed by atoms with Crippen LogP contribution in [-0.4, -0.2) is 67.0 Å². The second kappa shape index (κ2) is 9.86. The molecule has 9 nitrogen and oxygen atoms in total. The Kier molecular flexibility index (Phi) is 7.55. The first-order chi connectivity index (χ1) is 15.4. The lowest BCUT2D eigenvalue weighted by molar-refractivity contribution is -0.132. The topological polar surface area (TPSA) is 109 Å². The Morgan fingerprint density at radius 3 is 2.45 bits per heavy atom. The van der Waals surface area contributed by atoms with Crippen LogP contribution < -0.4 is 4.72 Å². The van der Waals surface area contributed by atoms with Gasteiger partial charge < -0.3 is 14.5 Å². The largest absolute Gasteiger partial charge is 0.444 e. The molecule has 2 aromatic rings. The maximum atomic E-state index is 12.7. The fourth-order valence-electron chi connectivity index (χ4n) is 3.22. The summed E-state index contributed by atoms with van der Waals surface area (Å²) in [5.41, 5.74) is 0.350. The molecule has 1 N–H and O–H groups in total. The molecule has 0 spiro atoms. The van der Waals surface area contributed by atoms with Crippen molar-refractivity contribution in [3.8, 4) is 0 Å². The van der Waals surface area contributed by atoms with Crippen LogP contribution in [0, 0.1) is 6.92 Å². The molecule has 0 bridgehead atoms. The van der Waals surface area contributed by atoms with Crippen molar-refractivity contribution >= 4 is 50.1 Å². The number of carbonyl (C=O) groups excluding carboxylic acids is 2. The Labute approximate surface area is 202 Å². The van der Waals surface area contributed by atoms with Gasteiger partial charge in [-0.1, -0.05) is 17.7 Å². The van der Waals surface area contributed by atoms with E-state index in [4.69, 9.17) is 16.3 Å². The number of hydrogen-bond acceptors (Lipinski definition) is 7. The molecule has 0 atom stereocenters. The van der Waals surface area contributed by atoms with Crippen molar-refractivity contribution in [3.63, 3.8) is 0 Å². The van der Waals surface area contributed by atoms with E-state index < -0.39 is 15.6 Å². The van der Waals surface area contributed by atoms with E-state index in [1.807, 2.05) is 20.8 Å². The van der Waals surface area contributed by atoms with Crippen molar-refractivity contribution in [1.82, 2.24) is 14.8 Å². The fourth-order valence-corrected chi connectivity index (χ4v) is 5.68. The molecule has 1 aliphatic heterocycles. The number of sulfonamides is 1. The van der Waals surface area contributed by atoms with Crippen LogP contribution >= 0.6 is 22.9 Å². The number of ether oxygens (including phenoxy) is 1. The molecule has 2 amide bonds. The smallest absolute Gasteiger partial charge is 0.410 e. The molecule has 1 aromatic carbocycles. The molecule has 33 heavy (non-hydrogen) atoms.